The molecule has 0 aromatic heterocycles. The Kier molecular flexibility index (Phi) is 12.0. The number of piperidine rings is 2. The predicted octanol–water partition coefficient (Wildman–Crippen LogP) is 4.33. The number of β-amino-alcohol motifs (C(OH)–C–C–N with tert-alkyl or cyclic N) is 2. The SMILES string of the molecule is Cc1ccccc1OCC(O)CN1CCC(C2CCN(CC(O)COc3ccccc3C)CC2)CC1.Cl. The Bertz CT molecular complexity index is 854. The van der Waals surface area contributed by atoms with E-state index in [0.29, 0.717) is 26.3 Å². The van der Waals surface area contributed by atoms with Gasteiger partial charge in [-0.25, -0.2) is 0 Å². The molecule has 0 amide bonds. The molecule has 2 saturated heterocycles. The second kappa shape index (κ2) is 14.9. The first-order chi connectivity index (χ1) is 17.5. The second-order valence-electron chi connectivity index (χ2n) is 10.7. The zero-order valence-corrected chi connectivity index (χ0v) is 23.2. The van der Waals surface area contributed by atoms with Crippen molar-refractivity contribution in [3.63, 3.8) is 0 Å². The van der Waals surface area contributed by atoms with Gasteiger partial charge in [0, 0.05) is 13.1 Å². The number of rotatable bonds is 11. The average Bonchev–Trinajstić information content (AvgIpc) is 2.89. The minimum Gasteiger partial charge on any atom is -0.491 e. The molecule has 2 atom stereocenters. The third kappa shape index (κ3) is 9.15. The van der Waals surface area contributed by atoms with Crippen molar-refractivity contribution in [1.82, 2.24) is 9.80 Å². The lowest BCUT2D eigenvalue weighted by Gasteiger charge is -2.40. The normalized spacial score (nSPS) is 19.7. The van der Waals surface area contributed by atoms with Crippen LogP contribution in [-0.4, -0.2) is 84.7 Å². The van der Waals surface area contributed by atoms with Gasteiger partial charge in [-0.1, -0.05) is 36.4 Å². The Morgan fingerprint density at radius 1 is 0.676 bits per heavy atom. The highest BCUT2D eigenvalue weighted by atomic mass is 35.5. The zero-order chi connectivity index (χ0) is 25.3. The smallest absolute Gasteiger partial charge is 0.122 e. The molecule has 2 aromatic carbocycles. The Morgan fingerprint density at radius 2 is 1.03 bits per heavy atom. The number of likely N-dealkylation sites (tertiary alicyclic amines) is 2. The summed E-state index contributed by atoms with van der Waals surface area (Å²) in [4.78, 5) is 4.78. The highest BCUT2D eigenvalue weighted by Crippen LogP contribution is 2.32. The van der Waals surface area contributed by atoms with E-state index in [1.165, 1.54) is 25.7 Å². The molecule has 0 radical (unpaired) electrons. The molecular formula is C30H45ClN2O4. The molecule has 37 heavy (non-hydrogen) atoms. The summed E-state index contributed by atoms with van der Waals surface area (Å²) in [5.74, 6) is 3.26. The summed E-state index contributed by atoms with van der Waals surface area (Å²) in [6.07, 6.45) is 3.91. The van der Waals surface area contributed by atoms with Crippen LogP contribution in [0.3, 0.4) is 0 Å². The van der Waals surface area contributed by atoms with Gasteiger partial charge in [-0.15, -0.1) is 12.4 Å². The van der Waals surface area contributed by atoms with Crippen molar-refractivity contribution in [2.75, 3.05) is 52.5 Å². The molecule has 2 aromatic rings. The molecule has 2 fully saturated rings. The van der Waals surface area contributed by atoms with E-state index < -0.39 is 12.2 Å². The largest absolute Gasteiger partial charge is 0.491 e. The number of hydrogen-bond donors (Lipinski definition) is 2. The van der Waals surface area contributed by atoms with E-state index in [9.17, 15) is 10.2 Å². The standard InChI is InChI=1S/C30H44N2O4.ClH/c1-23-7-3-5-9-29(23)35-21-27(33)19-31-15-11-25(12-16-31)26-13-17-32(18-14-26)20-28(34)22-36-30-10-6-4-8-24(30)2;/h3-10,25-28,33-34H,11-22H2,1-2H3;1H. The van der Waals surface area contributed by atoms with Crippen molar-refractivity contribution in [2.24, 2.45) is 11.8 Å². The van der Waals surface area contributed by atoms with E-state index in [0.717, 1.165) is 60.6 Å². The minimum absolute atomic E-state index is 0. The summed E-state index contributed by atoms with van der Waals surface area (Å²) in [7, 11) is 0. The Labute approximate surface area is 229 Å². The fraction of sp³-hybridized carbons (Fsp3) is 0.600. The van der Waals surface area contributed by atoms with Crippen LogP contribution in [0.5, 0.6) is 11.5 Å². The van der Waals surface area contributed by atoms with Gasteiger partial charge in [0.15, 0.2) is 0 Å². The van der Waals surface area contributed by atoms with E-state index in [2.05, 4.69) is 9.80 Å². The van der Waals surface area contributed by atoms with Crippen LogP contribution in [0.4, 0.5) is 0 Å². The third-order valence-electron chi connectivity index (χ3n) is 7.92. The van der Waals surface area contributed by atoms with Crippen LogP contribution in [0.1, 0.15) is 36.8 Å². The van der Waals surface area contributed by atoms with Gasteiger partial charge in [0.25, 0.3) is 0 Å². The second-order valence-corrected chi connectivity index (χ2v) is 10.7. The molecule has 2 N–H and O–H groups in total. The monoisotopic (exact) mass is 532 g/mol. The molecular weight excluding hydrogens is 488 g/mol. The first-order valence-corrected chi connectivity index (χ1v) is 13.7. The number of para-hydroxylation sites is 2. The van der Waals surface area contributed by atoms with Gasteiger partial charge in [-0.2, -0.15) is 0 Å². The lowest BCUT2D eigenvalue weighted by atomic mass is 9.78. The number of halogens is 1. The number of aliphatic hydroxyl groups is 2. The van der Waals surface area contributed by atoms with E-state index in [1.807, 2.05) is 62.4 Å². The molecule has 6 nitrogen and oxygen atoms in total. The number of aliphatic hydroxyl groups excluding tert-OH is 2. The topological polar surface area (TPSA) is 65.4 Å². The number of hydrogen-bond acceptors (Lipinski definition) is 6. The summed E-state index contributed by atoms with van der Waals surface area (Å²) < 4.78 is 11.7. The molecule has 2 heterocycles. The molecule has 0 saturated carbocycles. The minimum atomic E-state index is -0.467. The van der Waals surface area contributed by atoms with Gasteiger partial charge < -0.3 is 29.5 Å². The molecule has 0 aliphatic carbocycles. The number of nitrogens with zero attached hydrogens (tertiary/aromatic N) is 2. The molecule has 0 bridgehead atoms. The predicted molar refractivity (Wildman–Crippen MR) is 151 cm³/mol. The summed E-state index contributed by atoms with van der Waals surface area (Å²) in [6.45, 7) is 10.3. The van der Waals surface area contributed by atoms with Crippen LogP contribution in [0.2, 0.25) is 0 Å². The fourth-order valence-electron chi connectivity index (χ4n) is 5.72. The fourth-order valence-corrected chi connectivity index (χ4v) is 5.72. The first kappa shape index (κ1) is 29.7. The van der Waals surface area contributed by atoms with Gasteiger partial charge in [-0.3, -0.25) is 0 Å². The van der Waals surface area contributed by atoms with Gasteiger partial charge >= 0.3 is 0 Å². The third-order valence-corrected chi connectivity index (χ3v) is 7.92. The van der Waals surface area contributed by atoms with Crippen molar-refractivity contribution in [3.8, 4) is 11.5 Å². The van der Waals surface area contributed by atoms with Crippen LogP contribution in [-0.2, 0) is 0 Å². The number of benzene rings is 2. The van der Waals surface area contributed by atoms with Crippen LogP contribution in [0.25, 0.3) is 0 Å². The molecule has 2 aliphatic rings. The van der Waals surface area contributed by atoms with E-state index in [1.54, 1.807) is 0 Å². The van der Waals surface area contributed by atoms with Crippen LogP contribution in [0, 0.1) is 25.7 Å². The average molecular weight is 533 g/mol. The molecule has 206 valence electrons. The maximum atomic E-state index is 10.5. The van der Waals surface area contributed by atoms with Crippen molar-refractivity contribution in [1.29, 1.82) is 0 Å². The van der Waals surface area contributed by atoms with Crippen molar-refractivity contribution >= 4 is 12.4 Å². The molecule has 2 unspecified atom stereocenters. The Hall–Kier alpha value is -1.83. The Balaban J connectivity index is 0.00000380. The van der Waals surface area contributed by atoms with Crippen molar-refractivity contribution < 1.29 is 19.7 Å². The van der Waals surface area contributed by atoms with E-state index in [4.69, 9.17) is 9.47 Å². The first-order valence-electron chi connectivity index (χ1n) is 13.7. The zero-order valence-electron chi connectivity index (χ0n) is 22.4. The van der Waals surface area contributed by atoms with Crippen LogP contribution < -0.4 is 9.47 Å². The molecule has 4 rings (SSSR count). The number of aryl methyl sites for hydroxylation is 2. The van der Waals surface area contributed by atoms with Crippen molar-refractivity contribution in [2.45, 2.75) is 51.7 Å². The highest BCUT2D eigenvalue weighted by Gasteiger charge is 2.30. The summed E-state index contributed by atoms with van der Waals surface area (Å²) in [6, 6.07) is 15.9. The summed E-state index contributed by atoms with van der Waals surface area (Å²) >= 11 is 0. The summed E-state index contributed by atoms with van der Waals surface area (Å²) in [5, 5.41) is 21.0. The lowest BCUT2D eigenvalue weighted by molar-refractivity contribution is 0.0306. The molecule has 7 heteroatoms. The maximum absolute atomic E-state index is 10.5. The molecule has 0 spiro atoms. The molecule has 2 aliphatic heterocycles. The van der Waals surface area contributed by atoms with Gasteiger partial charge in [0.1, 0.15) is 36.9 Å². The van der Waals surface area contributed by atoms with Gasteiger partial charge in [0.2, 0.25) is 0 Å². The van der Waals surface area contributed by atoms with Crippen LogP contribution >= 0.6 is 12.4 Å². The van der Waals surface area contributed by atoms with Gasteiger partial charge in [0.05, 0.1) is 0 Å². The highest BCUT2D eigenvalue weighted by molar-refractivity contribution is 5.85. The quantitative estimate of drug-likeness (QED) is 0.449. The van der Waals surface area contributed by atoms with E-state index >= 15 is 0 Å². The van der Waals surface area contributed by atoms with E-state index in [-0.39, 0.29) is 12.4 Å². The lowest BCUT2D eigenvalue weighted by Crippen LogP contribution is -2.45. The summed E-state index contributed by atoms with van der Waals surface area (Å²) in [5.41, 5.74) is 2.20. The van der Waals surface area contributed by atoms with Crippen molar-refractivity contribution in [3.05, 3.63) is 59.7 Å². The maximum Gasteiger partial charge on any atom is 0.122 e. The van der Waals surface area contributed by atoms with Crippen LogP contribution in [0.15, 0.2) is 48.5 Å². The Morgan fingerprint density at radius 3 is 1.38 bits per heavy atom. The number of ether oxygens (including phenoxy) is 2. The van der Waals surface area contributed by atoms with Gasteiger partial charge in [-0.05, 0) is 101 Å².